The lowest BCUT2D eigenvalue weighted by atomic mass is 10.1. The number of ether oxygens (including phenoxy) is 1. The molecular formula is C15H25NO2. The number of nitrogens with zero attached hydrogens (tertiary/aromatic N) is 1. The number of methoxy groups -OCH3 is 1. The van der Waals surface area contributed by atoms with Crippen molar-refractivity contribution < 1.29 is 9.84 Å². The van der Waals surface area contributed by atoms with E-state index in [1.165, 1.54) is 5.69 Å². The maximum atomic E-state index is 9.51. The van der Waals surface area contributed by atoms with Crippen molar-refractivity contribution in [1.82, 2.24) is 0 Å². The van der Waals surface area contributed by atoms with E-state index < -0.39 is 6.10 Å². The smallest absolute Gasteiger partial charge is 0.0761 e. The molecule has 0 fully saturated rings. The minimum absolute atomic E-state index is 0.406. The fourth-order valence-corrected chi connectivity index (χ4v) is 1.93. The van der Waals surface area contributed by atoms with Crippen molar-refractivity contribution in [2.45, 2.75) is 26.9 Å². The van der Waals surface area contributed by atoms with Gasteiger partial charge in [0.15, 0.2) is 0 Å². The van der Waals surface area contributed by atoms with Gasteiger partial charge in [0.05, 0.1) is 12.7 Å². The highest BCUT2D eigenvalue weighted by Gasteiger charge is 2.09. The zero-order valence-corrected chi connectivity index (χ0v) is 11.9. The predicted molar refractivity (Wildman–Crippen MR) is 76.0 cm³/mol. The van der Waals surface area contributed by atoms with Crippen molar-refractivity contribution in [1.29, 1.82) is 0 Å². The Morgan fingerprint density at radius 1 is 1.17 bits per heavy atom. The molecule has 3 heteroatoms. The molecule has 1 rings (SSSR count). The number of rotatable bonds is 7. The Balaban J connectivity index is 2.77. The van der Waals surface area contributed by atoms with Gasteiger partial charge >= 0.3 is 0 Å². The van der Waals surface area contributed by atoms with Crippen LogP contribution in [-0.4, -0.2) is 31.9 Å². The van der Waals surface area contributed by atoms with Gasteiger partial charge in [0.2, 0.25) is 0 Å². The average molecular weight is 251 g/mol. The Labute approximate surface area is 110 Å². The first kappa shape index (κ1) is 15.0. The maximum Gasteiger partial charge on any atom is 0.0761 e. The molecule has 0 amide bonds. The standard InChI is InChI=1S/C15H25NO2/c1-12(2)11-16(9-10-18-4)15-7-5-14(6-8-15)13(3)17/h5-8,12-13,17H,9-11H2,1-4H3. The van der Waals surface area contributed by atoms with Crippen molar-refractivity contribution in [2.75, 3.05) is 31.7 Å². The summed E-state index contributed by atoms with van der Waals surface area (Å²) >= 11 is 0. The largest absolute Gasteiger partial charge is 0.389 e. The molecule has 0 aliphatic carbocycles. The SMILES string of the molecule is COCCN(CC(C)C)c1ccc(C(C)O)cc1. The van der Waals surface area contributed by atoms with E-state index in [0.29, 0.717) is 5.92 Å². The minimum atomic E-state index is -0.406. The van der Waals surface area contributed by atoms with Crippen molar-refractivity contribution >= 4 is 5.69 Å². The van der Waals surface area contributed by atoms with Gasteiger partial charge in [-0.15, -0.1) is 0 Å². The number of hydrogen-bond donors (Lipinski definition) is 1. The summed E-state index contributed by atoms with van der Waals surface area (Å²) in [5.74, 6) is 0.610. The van der Waals surface area contributed by atoms with E-state index in [9.17, 15) is 5.11 Å². The monoisotopic (exact) mass is 251 g/mol. The summed E-state index contributed by atoms with van der Waals surface area (Å²) in [5, 5.41) is 9.51. The third kappa shape index (κ3) is 4.67. The Morgan fingerprint density at radius 2 is 1.78 bits per heavy atom. The molecule has 0 bridgehead atoms. The molecule has 0 saturated heterocycles. The minimum Gasteiger partial charge on any atom is -0.389 e. The van der Waals surface area contributed by atoms with E-state index in [1.807, 2.05) is 12.1 Å². The fraction of sp³-hybridized carbons (Fsp3) is 0.600. The van der Waals surface area contributed by atoms with E-state index in [1.54, 1.807) is 14.0 Å². The van der Waals surface area contributed by atoms with Gasteiger partial charge < -0.3 is 14.7 Å². The van der Waals surface area contributed by atoms with Crippen LogP contribution in [0.2, 0.25) is 0 Å². The second kappa shape index (κ2) is 7.39. The fourth-order valence-electron chi connectivity index (χ4n) is 1.93. The molecule has 1 aromatic rings. The lowest BCUT2D eigenvalue weighted by Gasteiger charge is -2.26. The molecule has 0 saturated carbocycles. The number of benzene rings is 1. The van der Waals surface area contributed by atoms with Gasteiger partial charge in [0.25, 0.3) is 0 Å². The van der Waals surface area contributed by atoms with Crippen molar-refractivity contribution in [3.05, 3.63) is 29.8 Å². The van der Waals surface area contributed by atoms with Crippen LogP contribution in [0.3, 0.4) is 0 Å². The summed E-state index contributed by atoms with van der Waals surface area (Å²) in [6.07, 6.45) is -0.406. The molecule has 0 radical (unpaired) electrons. The van der Waals surface area contributed by atoms with E-state index in [-0.39, 0.29) is 0 Å². The summed E-state index contributed by atoms with van der Waals surface area (Å²) in [7, 11) is 1.73. The molecule has 1 atom stereocenters. The van der Waals surface area contributed by atoms with E-state index in [2.05, 4.69) is 30.9 Å². The van der Waals surface area contributed by atoms with Crippen LogP contribution in [0.5, 0.6) is 0 Å². The van der Waals surface area contributed by atoms with Crippen LogP contribution in [0.25, 0.3) is 0 Å². The van der Waals surface area contributed by atoms with Crippen LogP contribution in [-0.2, 0) is 4.74 Å². The third-order valence-corrected chi connectivity index (χ3v) is 2.89. The number of aliphatic hydroxyl groups excluding tert-OH is 1. The lowest BCUT2D eigenvalue weighted by molar-refractivity contribution is 0.199. The summed E-state index contributed by atoms with van der Waals surface area (Å²) < 4.78 is 5.16. The van der Waals surface area contributed by atoms with Crippen LogP contribution < -0.4 is 4.90 Å². The maximum absolute atomic E-state index is 9.51. The Bertz CT molecular complexity index is 333. The Kier molecular flexibility index (Phi) is 6.16. The van der Waals surface area contributed by atoms with Gasteiger partial charge in [0, 0.05) is 25.9 Å². The molecule has 0 aromatic heterocycles. The predicted octanol–water partition coefficient (Wildman–Crippen LogP) is 2.85. The molecule has 0 aliphatic rings. The first-order valence-electron chi connectivity index (χ1n) is 6.56. The van der Waals surface area contributed by atoms with Gasteiger partial charge in [0.1, 0.15) is 0 Å². The third-order valence-electron chi connectivity index (χ3n) is 2.89. The van der Waals surface area contributed by atoms with Crippen LogP contribution in [0.4, 0.5) is 5.69 Å². The second-order valence-electron chi connectivity index (χ2n) is 5.10. The summed E-state index contributed by atoms with van der Waals surface area (Å²) in [5.41, 5.74) is 2.14. The summed E-state index contributed by atoms with van der Waals surface area (Å²) in [6, 6.07) is 8.11. The molecule has 3 nitrogen and oxygen atoms in total. The van der Waals surface area contributed by atoms with Gasteiger partial charge in [-0.3, -0.25) is 0 Å². The highest BCUT2D eigenvalue weighted by Crippen LogP contribution is 2.19. The summed E-state index contributed by atoms with van der Waals surface area (Å²) in [4.78, 5) is 2.32. The molecule has 0 aliphatic heterocycles. The van der Waals surface area contributed by atoms with Crippen LogP contribution in [0, 0.1) is 5.92 Å². The summed E-state index contributed by atoms with van der Waals surface area (Å²) in [6.45, 7) is 8.84. The molecule has 1 unspecified atom stereocenters. The molecule has 1 N–H and O–H groups in total. The zero-order chi connectivity index (χ0) is 13.5. The van der Waals surface area contributed by atoms with Gasteiger partial charge in [-0.1, -0.05) is 26.0 Å². The Morgan fingerprint density at radius 3 is 2.22 bits per heavy atom. The number of hydrogen-bond acceptors (Lipinski definition) is 3. The van der Waals surface area contributed by atoms with Crippen molar-refractivity contribution in [2.24, 2.45) is 5.92 Å². The van der Waals surface area contributed by atoms with Crippen molar-refractivity contribution in [3.63, 3.8) is 0 Å². The highest BCUT2D eigenvalue weighted by molar-refractivity contribution is 5.48. The quantitative estimate of drug-likeness (QED) is 0.809. The first-order chi connectivity index (χ1) is 8.54. The molecule has 102 valence electrons. The van der Waals surface area contributed by atoms with Crippen LogP contribution in [0.15, 0.2) is 24.3 Å². The molecule has 18 heavy (non-hydrogen) atoms. The number of anilines is 1. The lowest BCUT2D eigenvalue weighted by Crippen LogP contribution is -2.30. The first-order valence-corrected chi connectivity index (χ1v) is 6.56. The molecule has 0 spiro atoms. The second-order valence-corrected chi connectivity index (χ2v) is 5.10. The zero-order valence-electron chi connectivity index (χ0n) is 11.9. The van der Waals surface area contributed by atoms with E-state index in [4.69, 9.17) is 4.74 Å². The number of aliphatic hydroxyl groups is 1. The highest BCUT2D eigenvalue weighted by atomic mass is 16.5. The Hall–Kier alpha value is -1.06. The van der Waals surface area contributed by atoms with Crippen LogP contribution >= 0.6 is 0 Å². The molecule has 0 heterocycles. The van der Waals surface area contributed by atoms with Crippen molar-refractivity contribution in [3.8, 4) is 0 Å². The van der Waals surface area contributed by atoms with Gasteiger partial charge in [-0.2, -0.15) is 0 Å². The van der Waals surface area contributed by atoms with E-state index in [0.717, 1.165) is 25.3 Å². The molecule has 1 aromatic carbocycles. The average Bonchev–Trinajstić information content (AvgIpc) is 2.34. The van der Waals surface area contributed by atoms with Crippen LogP contribution in [0.1, 0.15) is 32.4 Å². The molecular weight excluding hydrogens is 226 g/mol. The topological polar surface area (TPSA) is 32.7 Å². The van der Waals surface area contributed by atoms with Gasteiger partial charge in [-0.05, 0) is 30.5 Å². The normalized spacial score (nSPS) is 12.8. The van der Waals surface area contributed by atoms with E-state index >= 15 is 0 Å². The van der Waals surface area contributed by atoms with Gasteiger partial charge in [-0.25, -0.2) is 0 Å².